The van der Waals surface area contributed by atoms with Crippen LogP contribution in [0.1, 0.15) is 11.4 Å². The number of aromatic nitrogens is 2. The van der Waals surface area contributed by atoms with Crippen molar-refractivity contribution in [3.8, 4) is 0 Å². The number of rotatable bonds is 6. The lowest BCUT2D eigenvalue weighted by atomic mass is 10.3. The van der Waals surface area contributed by atoms with E-state index in [1.54, 1.807) is 32.0 Å². The number of hydrogen-bond acceptors (Lipinski definition) is 7. The highest BCUT2D eigenvalue weighted by molar-refractivity contribution is 7.92. The quantitative estimate of drug-likeness (QED) is 0.608. The molecule has 8 nitrogen and oxygen atoms in total. The van der Waals surface area contributed by atoms with Crippen LogP contribution in [0, 0.1) is 13.8 Å². The Labute approximate surface area is 170 Å². The van der Waals surface area contributed by atoms with E-state index in [0.717, 1.165) is 5.69 Å². The van der Waals surface area contributed by atoms with Gasteiger partial charge in [0.15, 0.2) is 0 Å². The van der Waals surface area contributed by atoms with Crippen LogP contribution in [-0.4, -0.2) is 32.5 Å². The van der Waals surface area contributed by atoms with E-state index in [4.69, 9.17) is 0 Å². The van der Waals surface area contributed by atoms with Crippen molar-refractivity contribution in [2.24, 2.45) is 10.2 Å². The molecule has 2 aromatic carbocycles. The van der Waals surface area contributed by atoms with Crippen molar-refractivity contribution in [2.45, 2.75) is 18.7 Å². The highest BCUT2D eigenvalue weighted by Gasteiger charge is 2.16. The zero-order valence-electron chi connectivity index (χ0n) is 16.7. The Kier molecular flexibility index (Phi) is 5.88. The summed E-state index contributed by atoms with van der Waals surface area (Å²) in [6, 6.07) is 15.5. The molecule has 0 radical (unpaired) electrons. The fourth-order valence-electron chi connectivity index (χ4n) is 2.58. The summed E-state index contributed by atoms with van der Waals surface area (Å²) >= 11 is 0. The Hall–Kier alpha value is -3.33. The second kappa shape index (κ2) is 8.36. The SMILES string of the molecule is Cc1cc(C)nc(NS(=O)(=O)c2ccc(N=Nc3ccc(N(C)C)cc3)cc2)n1. The second-order valence-corrected chi connectivity index (χ2v) is 8.37. The van der Waals surface area contributed by atoms with Gasteiger partial charge in [-0.15, -0.1) is 0 Å². The van der Waals surface area contributed by atoms with Gasteiger partial charge in [-0.2, -0.15) is 10.2 Å². The number of sulfonamides is 1. The molecule has 0 bridgehead atoms. The summed E-state index contributed by atoms with van der Waals surface area (Å²) in [5.41, 5.74) is 3.69. The van der Waals surface area contributed by atoms with Crippen LogP contribution in [0.3, 0.4) is 0 Å². The van der Waals surface area contributed by atoms with Crippen LogP contribution in [0.15, 0.2) is 69.7 Å². The van der Waals surface area contributed by atoms with Gasteiger partial charge in [0, 0.05) is 31.2 Å². The highest BCUT2D eigenvalue weighted by atomic mass is 32.2. The zero-order valence-corrected chi connectivity index (χ0v) is 17.5. The van der Waals surface area contributed by atoms with Gasteiger partial charge >= 0.3 is 0 Å². The summed E-state index contributed by atoms with van der Waals surface area (Å²) < 4.78 is 27.5. The predicted molar refractivity (Wildman–Crippen MR) is 114 cm³/mol. The fourth-order valence-corrected chi connectivity index (χ4v) is 3.52. The molecule has 0 spiro atoms. The van der Waals surface area contributed by atoms with Gasteiger partial charge in [-0.05, 0) is 68.4 Å². The summed E-state index contributed by atoms with van der Waals surface area (Å²) in [6.45, 7) is 3.56. The lowest BCUT2D eigenvalue weighted by Gasteiger charge is -2.11. The van der Waals surface area contributed by atoms with E-state index >= 15 is 0 Å². The first-order valence-corrected chi connectivity index (χ1v) is 10.4. The van der Waals surface area contributed by atoms with Crippen molar-refractivity contribution in [3.05, 3.63) is 66.0 Å². The van der Waals surface area contributed by atoms with Gasteiger partial charge in [-0.25, -0.2) is 23.1 Å². The van der Waals surface area contributed by atoms with Crippen LogP contribution >= 0.6 is 0 Å². The summed E-state index contributed by atoms with van der Waals surface area (Å²) in [5.74, 6) is 0.0486. The molecule has 0 aliphatic rings. The minimum absolute atomic E-state index is 0.0486. The molecule has 1 heterocycles. The lowest BCUT2D eigenvalue weighted by molar-refractivity contribution is 0.601. The van der Waals surface area contributed by atoms with E-state index in [0.29, 0.717) is 22.8 Å². The number of aryl methyl sites for hydroxylation is 2. The van der Waals surface area contributed by atoms with Gasteiger partial charge in [0.1, 0.15) is 0 Å². The smallest absolute Gasteiger partial charge is 0.264 e. The maximum atomic E-state index is 12.6. The molecule has 0 atom stereocenters. The van der Waals surface area contributed by atoms with Crippen molar-refractivity contribution in [3.63, 3.8) is 0 Å². The molecular formula is C20H22N6O2S. The molecule has 0 saturated heterocycles. The van der Waals surface area contributed by atoms with Crippen LogP contribution < -0.4 is 9.62 Å². The number of azo groups is 1. The van der Waals surface area contributed by atoms with Crippen molar-refractivity contribution in [1.29, 1.82) is 0 Å². The first-order valence-electron chi connectivity index (χ1n) is 8.87. The monoisotopic (exact) mass is 410 g/mol. The third-order valence-electron chi connectivity index (χ3n) is 4.00. The van der Waals surface area contributed by atoms with Crippen molar-refractivity contribution < 1.29 is 8.42 Å². The van der Waals surface area contributed by atoms with E-state index < -0.39 is 10.0 Å². The average molecular weight is 411 g/mol. The Morgan fingerprint density at radius 1 is 0.828 bits per heavy atom. The number of benzene rings is 2. The van der Waals surface area contributed by atoms with E-state index in [1.165, 1.54) is 12.1 Å². The molecule has 0 saturated carbocycles. The minimum atomic E-state index is -3.80. The number of nitrogens with one attached hydrogen (secondary N) is 1. The zero-order chi connectivity index (χ0) is 21.0. The van der Waals surface area contributed by atoms with E-state index in [-0.39, 0.29) is 10.8 Å². The molecule has 1 aromatic heterocycles. The second-order valence-electron chi connectivity index (χ2n) is 6.68. The van der Waals surface area contributed by atoms with Crippen LogP contribution in [-0.2, 0) is 10.0 Å². The minimum Gasteiger partial charge on any atom is -0.378 e. The fraction of sp³-hybridized carbons (Fsp3) is 0.200. The first-order chi connectivity index (χ1) is 13.7. The maximum Gasteiger partial charge on any atom is 0.264 e. The molecular weight excluding hydrogens is 388 g/mol. The number of nitrogens with zero attached hydrogens (tertiary/aromatic N) is 5. The topological polar surface area (TPSA) is 99.9 Å². The molecule has 0 amide bonds. The molecule has 150 valence electrons. The summed E-state index contributed by atoms with van der Waals surface area (Å²) in [5, 5.41) is 8.33. The molecule has 29 heavy (non-hydrogen) atoms. The van der Waals surface area contributed by atoms with E-state index in [2.05, 4.69) is 24.9 Å². The lowest BCUT2D eigenvalue weighted by Crippen LogP contribution is -2.15. The van der Waals surface area contributed by atoms with Crippen LogP contribution in [0.4, 0.5) is 23.0 Å². The molecule has 0 fully saturated rings. The molecule has 3 rings (SSSR count). The van der Waals surface area contributed by atoms with Crippen molar-refractivity contribution in [1.82, 2.24) is 9.97 Å². The predicted octanol–water partition coefficient (Wildman–Crippen LogP) is 4.38. The van der Waals surface area contributed by atoms with Gasteiger partial charge in [0.25, 0.3) is 10.0 Å². The van der Waals surface area contributed by atoms with Crippen molar-refractivity contribution >= 4 is 33.0 Å². The molecule has 0 aliphatic carbocycles. The van der Waals surface area contributed by atoms with Gasteiger partial charge in [0.05, 0.1) is 16.3 Å². The average Bonchev–Trinajstić information content (AvgIpc) is 2.66. The number of hydrogen-bond donors (Lipinski definition) is 1. The van der Waals surface area contributed by atoms with E-state index in [1.807, 2.05) is 43.3 Å². The van der Waals surface area contributed by atoms with Gasteiger partial charge in [-0.1, -0.05) is 0 Å². The molecule has 0 unspecified atom stereocenters. The molecule has 3 aromatic rings. The highest BCUT2D eigenvalue weighted by Crippen LogP contribution is 2.23. The summed E-state index contributed by atoms with van der Waals surface area (Å²) in [7, 11) is 0.135. The standard InChI is InChI=1S/C20H22N6O2S/c1-14-13-15(2)22-20(21-14)25-29(27,28)19-11-7-17(8-12-19)24-23-16-5-9-18(10-6-16)26(3)4/h5-13H,1-4H3,(H,21,22,25). The van der Waals surface area contributed by atoms with Gasteiger partial charge < -0.3 is 4.90 Å². The molecule has 0 aliphatic heterocycles. The third kappa shape index (κ3) is 5.35. The van der Waals surface area contributed by atoms with Crippen LogP contribution in [0.5, 0.6) is 0 Å². The number of anilines is 2. The summed E-state index contributed by atoms with van der Waals surface area (Å²) in [6.07, 6.45) is 0. The van der Waals surface area contributed by atoms with Crippen LogP contribution in [0.2, 0.25) is 0 Å². The Morgan fingerprint density at radius 3 is 1.79 bits per heavy atom. The Morgan fingerprint density at radius 2 is 1.31 bits per heavy atom. The Balaban J connectivity index is 1.73. The van der Waals surface area contributed by atoms with E-state index in [9.17, 15) is 8.42 Å². The maximum absolute atomic E-state index is 12.6. The Bertz CT molecular complexity index is 1100. The van der Waals surface area contributed by atoms with Gasteiger partial charge in [-0.3, -0.25) is 0 Å². The summed E-state index contributed by atoms with van der Waals surface area (Å²) in [4.78, 5) is 10.3. The molecule has 1 N–H and O–H groups in total. The third-order valence-corrected chi connectivity index (χ3v) is 5.35. The van der Waals surface area contributed by atoms with Crippen molar-refractivity contribution in [2.75, 3.05) is 23.7 Å². The first kappa shape index (κ1) is 20.4. The normalized spacial score (nSPS) is 11.6. The van der Waals surface area contributed by atoms with Crippen LogP contribution in [0.25, 0.3) is 0 Å². The van der Waals surface area contributed by atoms with Gasteiger partial charge in [0.2, 0.25) is 5.95 Å². The largest absolute Gasteiger partial charge is 0.378 e. The molecule has 9 heteroatoms.